The highest BCUT2D eigenvalue weighted by atomic mass is 32.1. The molecule has 0 saturated heterocycles. The van der Waals surface area contributed by atoms with E-state index in [0.717, 1.165) is 5.01 Å². The van der Waals surface area contributed by atoms with Crippen molar-refractivity contribution < 1.29 is 4.79 Å². The molecule has 0 aromatic carbocycles. The number of hydrogen-bond donors (Lipinski definition) is 0. The Morgan fingerprint density at radius 3 is 3.09 bits per heavy atom. The molecule has 0 atom stereocenters. The molecule has 0 amide bonds. The van der Waals surface area contributed by atoms with Crippen LogP contribution >= 0.6 is 11.3 Å². The molecule has 0 bridgehead atoms. The molecule has 0 unspecified atom stereocenters. The summed E-state index contributed by atoms with van der Waals surface area (Å²) in [6, 6.07) is 0. The Balaban J connectivity index is 2.78. The zero-order chi connectivity index (χ0) is 8.27. The number of carbonyl (C=O) groups excluding carboxylic acids is 1. The summed E-state index contributed by atoms with van der Waals surface area (Å²) < 4.78 is 0. The quantitative estimate of drug-likeness (QED) is 0.492. The van der Waals surface area contributed by atoms with Gasteiger partial charge in [0.25, 0.3) is 0 Å². The Morgan fingerprint density at radius 2 is 2.64 bits per heavy atom. The van der Waals surface area contributed by atoms with Gasteiger partial charge in [-0.1, -0.05) is 5.92 Å². The zero-order valence-electron chi connectivity index (χ0n) is 6.13. The molecular formula is C8H7NOS. The molecule has 11 heavy (non-hydrogen) atoms. The van der Waals surface area contributed by atoms with E-state index in [1.165, 1.54) is 11.3 Å². The smallest absolute Gasteiger partial charge is 0.193 e. The second kappa shape index (κ2) is 3.31. The van der Waals surface area contributed by atoms with Gasteiger partial charge >= 0.3 is 0 Å². The van der Waals surface area contributed by atoms with Gasteiger partial charge in [-0.25, -0.2) is 4.98 Å². The highest BCUT2D eigenvalue weighted by Crippen LogP contribution is 2.09. The van der Waals surface area contributed by atoms with Crippen molar-refractivity contribution in [1.82, 2.24) is 4.98 Å². The lowest BCUT2D eigenvalue weighted by Gasteiger charge is -1.86. The van der Waals surface area contributed by atoms with Crippen molar-refractivity contribution in [2.75, 3.05) is 0 Å². The topological polar surface area (TPSA) is 30.0 Å². The van der Waals surface area contributed by atoms with Gasteiger partial charge in [0.1, 0.15) is 5.69 Å². The van der Waals surface area contributed by atoms with Gasteiger partial charge in [0, 0.05) is 5.38 Å². The molecule has 0 radical (unpaired) electrons. The van der Waals surface area contributed by atoms with Gasteiger partial charge in [-0.3, -0.25) is 4.79 Å². The van der Waals surface area contributed by atoms with Crippen LogP contribution in [0.4, 0.5) is 0 Å². The molecule has 56 valence electrons. The first-order chi connectivity index (χ1) is 5.24. The Labute approximate surface area is 69.3 Å². The van der Waals surface area contributed by atoms with Gasteiger partial charge in [-0.05, 0) is 6.92 Å². The van der Waals surface area contributed by atoms with E-state index in [1.54, 1.807) is 5.38 Å². The van der Waals surface area contributed by atoms with E-state index in [0.29, 0.717) is 5.69 Å². The fourth-order valence-electron chi connectivity index (χ4n) is 0.675. The van der Waals surface area contributed by atoms with Crippen molar-refractivity contribution in [3.05, 3.63) is 16.1 Å². The first-order valence-corrected chi connectivity index (χ1v) is 4.01. The van der Waals surface area contributed by atoms with Gasteiger partial charge in [0.05, 0.1) is 11.4 Å². The Hall–Kier alpha value is -1.14. The molecule has 0 N–H and O–H groups in total. The number of hydrogen-bond acceptors (Lipinski definition) is 3. The van der Waals surface area contributed by atoms with Crippen LogP contribution in [0, 0.1) is 19.3 Å². The van der Waals surface area contributed by atoms with E-state index in [4.69, 9.17) is 6.42 Å². The second-order valence-electron chi connectivity index (χ2n) is 2.06. The molecule has 1 rings (SSSR count). The fourth-order valence-corrected chi connectivity index (χ4v) is 1.29. The maximum absolute atomic E-state index is 11.1. The second-order valence-corrected chi connectivity index (χ2v) is 3.12. The molecule has 0 fully saturated rings. The molecule has 1 aromatic rings. The summed E-state index contributed by atoms with van der Waals surface area (Å²) in [6.07, 6.45) is 5.12. The van der Waals surface area contributed by atoms with E-state index in [1.807, 2.05) is 6.92 Å². The van der Waals surface area contributed by atoms with E-state index < -0.39 is 0 Å². The number of ketones is 1. The molecule has 2 nitrogen and oxygen atoms in total. The van der Waals surface area contributed by atoms with Crippen molar-refractivity contribution in [3.63, 3.8) is 0 Å². The van der Waals surface area contributed by atoms with Crippen LogP contribution in [0.5, 0.6) is 0 Å². The molecule has 3 heteroatoms. The lowest BCUT2D eigenvalue weighted by atomic mass is 10.2. The summed E-state index contributed by atoms with van der Waals surface area (Å²) in [5.74, 6) is 2.22. The van der Waals surface area contributed by atoms with Crippen LogP contribution < -0.4 is 0 Å². The molecule has 0 aliphatic heterocycles. The van der Waals surface area contributed by atoms with Crippen LogP contribution in [-0.4, -0.2) is 10.8 Å². The highest BCUT2D eigenvalue weighted by Gasteiger charge is 2.06. The standard InChI is InChI=1S/C8H7NOS/c1-3-4-8(10)7-5-11-6(2)9-7/h1,5H,4H2,2H3. The minimum Gasteiger partial charge on any atom is -0.291 e. The molecule has 1 aromatic heterocycles. The van der Waals surface area contributed by atoms with Gasteiger partial charge < -0.3 is 0 Å². The van der Waals surface area contributed by atoms with Crippen molar-refractivity contribution in [3.8, 4) is 12.3 Å². The third-order valence-electron chi connectivity index (χ3n) is 1.17. The van der Waals surface area contributed by atoms with Crippen LogP contribution in [0.15, 0.2) is 5.38 Å². The first-order valence-electron chi connectivity index (χ1n) is 3.13. The SMILES string of the molecule is C#CCC(=O)c1csc(C)n1. The summed E-state index contributed by atoms with van der Waals surface area (Å²) in [6.45, 7) is 1.86. The summed E-state index contributed by atoms with van der Waals surface area (Å²) in [5.41, 5.74) is 0.491. The van der Waals surface area contributed by atoms with Crippen LogP contribution in [0.3, 0.4) is 0 Å². The minimum absolute atomic E-state index is 0.0724. The number of Topliss-reactive ketones (excluding diaryl/α,β-unsaturated/α-hetero) is 1. The van der Waals surface area contributed by atoms with Gasteiger partial charge in [0.2, 0.25) is 0 Å². The largest absolute Gasteiger partial charge is 0.291 e. The maximum atomic E-state index is 11.1. The van der Waals surface area contributed by atoms with Gasteiger partial charge in [-0.15, -0.1) is 17.8 Å². The van der Waals surface area contributed by atoms with Gasteiger partial charge in [0.15, 0.2) is 5.78 Å². The Bertz CT molecular complexity index is 308. The minimum atomic E-state index is -0.0724. The average Bonchev–Trinajstić information content (AvgIpc) is 2.36. The third-order valence-corrected chi connectivity index (χ3v) is 1.94. The first kappa shape index (κ1) is 7.96. The number of rotatable bonds is 2. The molecule has 0 aliphatic rings. The number of carbonyl (C=O) groups is 1. The number of aryl methyl sites for hydroxylation is 1. The van der Waals surface area contributed by atoms with Crippen molar-refractivity contribution in [2.45, 2.75) is 13.3 Å². The monoisotopic (exact) mass is 165 g/mol. The highest BCUT2D eigenvalue weighted by molar-refractivity contribution is 7.09. The lowest BCUT2D eigenvalue weighted by molar-refractivity contribution is 0.0994. The summed E-state index contributed by atoms with van der Waals surface area (Å²) in [4.78, 5) is 15.1. The van der Waals surface area contributed by atoms with Crippen LogP contribution in [0.1, 0.15) is 21.9 Å². The van der Waals surface area contributed by atoms with Crippen LogP contribution in [0.2, 0.25) is 0 Å². The molecular weight excluding hydrogens is 158 g/mol. The predicted octanol–water partition coefficient (Wildman–Crippen LogP) is 1.66. The average molecular weight is 165 g/mol. The molecule has 1 heterocycles. The summed E-state index contributed by atoms with van der Waals surface area (Å²) in [5, 5.41) is 2.63. The van der Waals surface area contributed by atoms with Crippen LogP contribution in [-0.2, 0) is 0 Å². The number of terminal acetylenes is 1. The number of nitrogens with zero attached hydrogens (tertiary/aromatic N) is 1. The molecule has 0 spiro atoms. The van der Waals surface area contributed by atoms with E-state index in [2.05, 4.69) is 10.9 Å². The lowest BCUT2D eigenvalue weighted by Crippen LogP contribution is -1.96. The normalized spacial score (nSPS) is 9.09. The van der Waals surface area contributed by atoms with E-state index in [9.17, 15) is 4.79 Å². The molecule has 0 saturated carbocycles. The van der Waals surface area contributed by atoms with Crippen LogP contribution in [0.25, 0.3) is 0 Å². The Kier molecular flexibility index (Phi) is 2.40. The van der Waals surface area contributed by atoms with Gasteiger partial charge in [-0.2, -0.15) is 0 Å². The third kappa shape index (κ3) is 1.89. The zero-order valence-corrected chi connectivity index (χ0v) is 6.94. The van der Waals surface area contributed by atoms with Crippen molar-refractivity contribution >= 4 is 17.1 Å². The molecule has 0 aliphatic carbocycles. The predicted molar refractivity (Wildman–Crippen MR) is 44.6 cm³/mol. The maximum Gasteiger partial charge on any atom is 0.193 e. The van der Waals surface area contributed by atoms with E-state index >= 15 is 0 Å². The fraction of sp³-hybridized carbons (Fsp3) is 0.250. The number of aromatic nitrogens is 1. The summed E-state index contributed by atoms with van der Waals surface area (Å²) >= 11 is 1.46. The van der Waals surface area contributed by atoms with Crippen molar-refractivity contribution in [1.29, 1.82) is 0 Å². The van der Waals surface area contributed by atoms with E-state index in [-0.39, 0.29) is 12.2 Å². The van der Waals surface area contributed by atoms with Crippen molar-refractivity contribution in [2.24, 2.45) is 0 Å². The summed E-state index contributed by atoms with van der Waals surface area (Å²) in [7, 11) is 0. The number of thiazole rings is 1. The Morgan fingerprint density at radius 1 is 1.91 bits per heavy atom.